The fourth-order valence-electron chi connectivity index (χ4n) is 2.54. The van der Waals surface area contributed by atoms with Crippen molar-refractivity contribution < 1.29 is 0 Å². The van der Waals surface area contributed by atoms with E-state index in [1.165, 1.54) is 19.3 Å². The van der Waals surface area contributed by atoms with Crippen molar-refractivity contribution in [2.75, 3.05) is 0 Å². The van der Waals surface area contributed by atoms with Crippen molar-refractivity contribution in [3.63, 3.8) is 0 Å². The highest BCUT2D eigenvalue weighted by Gasteiger charge is 2.25. The molecule has 0 aromatic rings. The van der Waals surface area contributed by atoms with Crippen LogP contribution >= 0.6 is 0 Å². The van der Waals surface area contributed by atoms with Crippen LogP contribution in [0.3, 0.4) is 0 Å². The summed E-state index contributed by atoms with van der Waals surface area (Å²) < 4.78 is 0. The van der Waals surface area contributed by atoms with Crippen molar-refractivity contribution in [3.8, 4) is 0 Å². The lowest BCUT2D eigenvalue weighted by Gasteiger charge is -2.33. The molecule has 0 amide bonds. The van der Waals surface area contributed by atoms with E-state index in [-0.39, 0.29) is 0 Å². The van der Waals surface area contributed by atoms with Crippen LogP contribution in [0, 0.1) is 10.8 Å². The van der Waals surface area contributed by atoms with Crippen LogP contribution in [0.4, 0.5) is 0 Å². The Hall–Kier alpha value is -0.260. The lowest BCUT2D eigenvalue weighted by molar-refractivity contribution is 0.210. The monoisotopic (exact) mass is 196 g/mol. The average Bonchev–Trinajstić information content (AvgIpc) is 1.95. The summed E-state index contributed by atoms with van der Waals surface area (Å²) in [5, 5.41) is 0. The first-order valence-corrected chi connectivity index (χ1v) is 5.84. The molecule has 84 valence electrons. The summed E-state index contributed by atoms with van der Waals surface area (Å²) in [6.45, 7) is 16.2. The highest BCUT2D eigenvalue weighted by molar-refractivity contribution is 5.03. The number of allylic oxidation sites excluding steroid dienone is 2. The Balaban J connectivity index is 4.34. The van der Waals surface area contributed by atoms with Gasteiger partial charge in [0.25, 0.3) is 0 Å². The lowest BCUT2D eigenvalue weighted by atomic mass is 9.73. The van der Waals surface area contributed by atoms with Gasteiger partial charge in [-0.15, -0.1) is 0 Å². The minimum atomic E-state index is 0.441. The fourth-order valence-corrected chi connectivity index (χ4v) is 2.54. The van der Waals surface area contributed by atoms with Gasteiger partial charge < -0.3 is 0 Å². The van der Waals surface area contributed by atoms with E-state index < -0.39 is 0 Å². The Morgan fingerprint density at radius 2 is 1.57 bits per heavy atom. The molecule has 0 unspecified atom stereocenters. The van der Waals surface area contributed by atoms with Crippen molar-refractivity contribution in [1.29, 1.82) is 0 Å². The van der Waals surface area contributed by atoms with Gasteiger partial charge in [0.15, 0.2) is 0 Å². The smallest absolute Gasteiger partial charge is 0.0269 e. The maximum absolute atomic E-state index is 2.39. The molecule has 0 heteroatoms. The molecule has 0 rings (SSSR count). The highest BCUT2D eigenvalue weighted by Crippen LogP contribution is 2.38. The van der Waals surface area contributed by atoms with Crippen LogP contribution in [-0.2, 0) is 0 Å². The molecular formula is C14H28. The van der Waals surface area contributed by atoms with Crippen molar-refractivity contribution >= 4 is 0 Å². The molecule has 0 aliphatic carbocycles. The van der Waals surface area contributed by atoms with E-state index in [9.17, 15) is 0 Å². The summed E-state index contributed by atoms with van der Waals surface area (Å²) in [5.74, 6) is 0. The van der Waals surface area contributed by atoms with E-state index in [0.717, 1.165) is 0 Å². The number of rotatable bonds is 4. The highest BCUT2D eigenvalue weighted by atomic mass is 14.3. The molecule has 0 spiro atoms. The first-order valence-electron chi connectivity index (χ1n) is 5.84. The first-order chi connectivity index (χ1) is 6.20. The second-order valence-electron chi connectivity index (χ2n) is 6.38. The van der Waals surface area contributed by atoms with E-state index in [1.807, 2.05) is 0 Å². The molecule has 0 radical (unpaired) electrons. The average molecular weight is 196 g/mol. The van der Waals surface area contributed by atoms with E-state index in [0.29, 0.717) is 10.8 Å². The predicted octanol–water partition coefficient (Wildman–Crippen LogP) is 5.20. The summed E-state index contributed by atoms with van der Waals surface area (Å²) in [7, 11) is 0. The van der Waals surface area contributed by atoms with Gasteiger partial charge in [-0.25, -0.2) is 0 Å². The molecule has 0 heterocycles. The van der Waals surface area contributed by atoms with Crippen LogP contribution < -0.4 is 0 Å². The summed E-state index contributed by atoms with van der Waals surface area (Å²) in [6.07, 6.45) is 6.02. The molecule has 0 aromatic heterocycles. The zero-order valence-electron chi connectivity index (χ0n) is 11.2. The maximum atomic E-state index is 2.39. The second-order valence-corrected chi connectivity index (χ2v) is 6.38. The van der Waals surface area contributed by atoms with E-state index in [2.05, 4.69) is 54.5 Å². The molecule has 0 aliphatic rings. The van der Waals surface area contributed by atoms with E-state index in [1.54, 1.807) is 5.57 Å². The van der Waals surface area contributed by atoms with Gasteiger partial charge in [-0.05, 0) is 37.0 Å². The zero-order valence-corrected chi connectivity index (χ0v) is 11.2. The SMILES string of the molecule is CC=C(CC)CC(C)(C)CC(C)(C)C. The van der Waals surface area contributed by atoms with Gasteiger partial charge in [0.1, 0.15) is 0 Å². The van der Waals surface area contributed by atoms with Crippen LogP contribution in [0.2, 0.25) is 0 Å². The maximum Gasteiger partial charge on any atom is -0.0269 e. The van der Waals surface area contributed by atoms with E-state index in [4.69, 9.17) is 0 Å². The Bertz CT molecular complexity index is 189. The molecule has 0 aromatic carbocycles. The normalized spacial score (nSPS) is 14.6. The molecular weight excluding hydrogens is 168 g/mol. The van der Waals surface area contributed by atoms with Gasteiger partial charge in [0.05, 0.1) is 0 Å². The Morgan fingerprint density at radius 3 is 1.86 bits per heavy atom. The molecule has 0 saturated carbocycles. The second kappa shape index (κ2) is 5.00. The standard InChI is InChI=1S/C14H28/c1-8-12(9-2)10-14(6,7)11-13(3,4)5/h8H,9-11H2,1-7H3. The minimum absolute atomic E-state index is 0.441. The van der Waals surface area contributed by atoms with Gasteiger partial charge in [-0.1, -0.05) is 53.2 Å². The van der Waals surface area contributed by atoms with Crippen molar-refractivity contribution in [3.05, 3.63) is 11.6 Å². The van der Waals surface area contributed by atoms with Gasteiger partial charge in [0, 0.05) is 0 Å². The van der Waals surface area contributed by atoms with Crippen LogP contribution in [0.15, 0.2) is 11.6 Å². The van der Waals surface area contributed by atoms with Crippen molar-refractivity contribution in [2.45, 2.75) is 67.7 Å². The largest absolute Gasteiger partial charge is 0.0884 e. The van der Waals surface area contributed by atoms with Crippen LogP contribution in [0.25, 0.3) is 0 Å². The third-order valence-corrected chi connectivity index (χ3v) is 2.58. The summed E-state index contributed by atoms with van der Waals surface area (Å²) in [6, 6.07) is 0. The third-order valence-electron chi connectivity index (χ3n) is 2.58. The summed E-state index contributed by atoms with van der Waals surface area (Å²) in [5.41, 5.74) is 2.48. The number of hydrogen-bond donors (Lipinski definition) is 0. The van der Waals surface area contributed by atoms with Crippen LogP contribution in [0.1, 0.15) is 67.7 Å². The quantitative estimate of drug-likeness (QED) is 0.542. The van der Waals surface area contributed by atoms with Crippen LogP contribution in [-0.4, -0.2) is 0 Å². The minimum Gasteiger partial charge on any atom is -0.0884 e. The summed E-state index contributed by atoms with van der Waals surface area (Å²) in [4.78, 5) is 0. The Morgan fingerprint density at radius 1 is 1.07 bits per heavy atom. The van der Waals surface area contributed by atoms with E-state index >= 15 is 0 Å². The van der Waals surface area contributed by atoms with Gasteiger partial charge in [0.2, 0.25) is 0 Å². The predicted molar refractivity (Wildman–Crippen MR) is 66.5 cm³/mol. The molecule has 0 nitrogen and oxygen atoms in total. The third kappa shape index (κ3) is 6.23. The first kappa shape index (κ1) is 13.7. The molecule has 0 saturated heterocycles. The Kier molecular flexibility index (Phi) is 4.91. The van der Waals surface area contributed by atoms with Crippen molar-refractivity contribution in [1.82, 2.24) is 0 Å². The van der Waals surface area contributed by atoms with Gasteiger partial charge in [-0.2, -0.15) is 0 Å². The molecule has 14 heavy (non-hydrogen) atoms. The molecule has 0 bridgehead atoms. The molecule has 0 aliphatic heterocycles. The summed E-state index contributed by atoms with van der Waals surface area (Å²) >= 11 is 0. The Labute approximate surface area is 90.8 Å². The van der Waals surface area contributed by atoms with Gasteiger partial charge in [-0.3, -0.25) is 0 Å². The molecule has 0 fully saturated rings. The topological polar surface area (TPSA) is 0 Å². The molecule has 0 atom stereocenters. The number of hydrogen-bond acceptors (Lipinski definition) is 0. The molecule has 0 N–H and O–H groups in total. The fraction of sp³-hybridized carbons (Fsp3) is 0.857. The zero-order chi connectivity index (χ0) is 11.4. The van der Waals surface area contributed by atoms with Crippen molar-refractivity contribution in [2.24, 2.45) is 10.8 Å². The van der Waals surface area contributed by atoms with Crippen LogP contribution in [0.5, 0.6) is 0 Å². The van der Waals surface area contributed by atoms with Gasteiger partial charge >= 0.3 is 0 Å². The lowest BCUT2D eigenvalue weighted by Crippen LogP contribution is -2.21.